The van der Waals surface area contributed by atoms with Crippen molar-refractivity contribution in [2.24, 2.45) is 0 Å². The molecule has 22 heteroatoms. The molecular weight excluding hydrogens is 760 g/mol. The zero-order valence-electron chi connectivity index (χ0n) is 27.7. The summed E-state index contributed by atoms with van der Waals surface area (Å²) in [5.41, 5.74) is -2.68. The molecule has 0 amide bonds. The highest BCUT2D eigenvalue weighted by Crippen LogP contribution is 2.40. The number of aromatic hydroxyl groups is 12. The highest BCUT2D eigenvalue weighted by molar-refractivity contribution is 5.93. The second-order valence-corrected chi connectivity index (χ2v) is 11.7. The molecule has 22 nitrogen and oxygen atoms in total. The van der Waals surface area contributed by atoms with Gasteiger partial charge in [0.15, 0.2) is 93.6 Å². The summed E-state index contributed by atoms with van der Waals surface area (Å²) in [7, 11) is 0. The van der Waals surface area contributed by atoms with Crippen LogP contribution < -0.4 is 0 Å². The van der Waals surface area contributed by atoms with Crippen molar-refractivity contribution in [2.75, 3.05) is 6.61 Å². The molecule has 0 aromatic heterocycles. The molecule has 5 atom stereocenters. The second kappa shape index (κ2) is 15.3. The molecule has 0 spiro atoms. The molecule has 0 radical (unpaired) electrons. The minimum absolute atomic E-state index is 0.570. The molecule has 296 valence electrons. The average molecular weight is 789 g/mol. The van der Waals surface area contributed by atoms with Crippen LogP contribution in [-0.2, 0) is 23.7 Å². The van der Waals surface area contributed by atoms with Crippen molar-refractivity contribution in [3.63, 3.8) is 0 Å². The van der Waals surface area contributed by atoms with Gasteiger partial charge in [-0.25, -0.2) is 19.2 Å². The van der Waals surface area contributed by atoms with Gasteiger partial charge in [-0.2, -0.15) is 0 Å². The Bertz CT molecular complexity index is 2140. The Morgan fingerprint density at radius 3 is 1.02 bits per heavy atom. The highest BCUT2D eigenvalue weighted by Gasteiger charge is 2.53. The predicted molar refractivity (Wildman–Crippen MR) is 175 cm³/mol. The van der Waals surface area contributed by atoms with Crippen molar-refractivity contribution in [3.8, 4) is 69.0 Å². The van der Waals surface area contributed by atoms with Crippen molar-refractivity contribution in [3.05, 3.63) is 70.8 Å². The molecule has 5 rings (SSSR count). The van der Waals surface area contributed by atoms with Gasteiger partial charge in [0, 0.05) is 0 Å². The van der Waals surface area contributed by atoms with E-state index in [4.69, 9.17) is 23.7 Å². The zero-order valence-corrected chi connectivity index (χ0v) is 27.7. The van der Waals surface area contributed by atoms with E-state index in [-0.39, 0.29) is 0 Å². The number of hydrogen-bond acceptors (Lipinski definition) is 22. The molecule has 1 aliphatic heterocycles. The Hall–Kier alpha value is -7.72. The van der Waals surface area contributed by atoms with E-state index in [0.717, 1.165) is 0 Å². The summed E-state index contributed by atoms with van der Waals surface area (Å²) in [5.74, 6) is -18.2. The lowest BCUT2D eigenvalue weighted by molar-refractivity contribution is -0.284. The summed E-state index contributed by atoms with van der Waals surface area (Å²) in [5, 5.41) is 129. The summed E-state index contributed by atoms with van der Waals surface area (Å²) in [6, 6.07) is 4.99. The summed E-state index contributed by atoms with van der Waals surface area (Å²) >= 11 is 0. The number of benzene rings is 4. The summed E-state index contributed by atoms with van der Waals surface area (Å²) in [6.45, 7) is -1.09. The van der Waals surface area contributed by atoms with Crippen molar-refractivity contribution in [2.45, 2.75) is 30.7 Å². The third-order valence-electron chi connectivity index (χ3n) is 7.94. The number of phenolic OH excluding ortho intramolecular Hbond substituents is 12. The molecule has 0 saturated carbocycles. The van der Waals surface area contributed by atoms with Crippen molar-refractivity contribution < 1.29 is 109 Å². The number of aliphatic hydroxyl groups excluding tert-OH is 1. The molecular formula is C34H28O22. The molecule has 1 fully saturated rings. The Kier molecular flexibility index (Phi) is 10.8. The van der Waals surface area contributed by atoms with Gasteiger partial charge in [-0.05, 0) is 48.5 Å². The Morgan fingerprint density at radius 2 is 0.696 bits per heavy atom. The highest BCUT2D eigenvalue weighted by atomic mass is 16.7. The third kappa shape index (κ3) is 7.95. The standard InChI is InChI=1S/C34H28O22/c35-14-1-10(2-15(36)23(14)43)30(47)52-9-22-27(54-31(48)11-3-16(37)24(44)17(38)4-11)28(55-32(49)12-5-18(39)25(45)19(40)6-12)29(34(51)53-22)56-33(50)13-7-20(41)26(46)21(42)8-13/h1-8,22,27-29,34-46,51H,9H2/t22-,27+,28+,29+,34-/m0/s1. The van der Waals surface area contributed by atoms with Gasteiger partial charge < -0.3 is 90.1 Å². The van der Waals surface area contributed by atoms with E-state index in [0.29, 0.717) is 48.5 Å². The van der Waals surface area contributed by atoms with E-state index in [1.807, 2.05) is 0 Å². The molecule has 4 aromatic rings. The first-order valence-corrected chi connectivity index (χ1v) is 15.4. The monoisotopic (exact) mass is 788 g/mol. The lowest BCUT2D eigenvalue weighted by atomic mass is 9.97. The van der Waals surface area contributed by atoms with Gasteiger partial charge in [-0.1, -0.05) is 0 Å². The van der Waals surface area contributed by atoms with Crippen molar-refractivity contribution in [1.29, 1.82) is 0 Å². The lowest BCUT2D eigenvalue weighted by Gasteiger charge is -2.42. The number of rotatable bonds is 9. The van der Waals surface area contributed by atoms with Crippen LogP contribution in [-0.4, -0.2) is 128 Å². The lowest BCUT2D eigenvalue weighted by Crippen LogP contribution is -2.62. The third-order valence-corrected chi connectivity index (χ3v) is 7.94. The quantitative estimate of drug-likeness (QED) is 0.0630. The van der Waals surface area contributed by atoms with Gasteiger partial charge >= 0.3 is 23.9 Å². The molecule has 1 heterocycles. The van der Waals surface area contributed by atoms with Gasteiger partial charge in [0.05, 0.1) is 22.3 Å². The SMILES string of the molecule is O=C(OC[C@@H]1O[C@H](O)[C@H](OC(=O)c2cc(O)c(O)c(O)c2)[C@H](OC(=O)c2cc(O)c(O)c(O)c2)[C@@H]1OC(=O)c1cc(O)c(O)c(O)c1)c1cc(O)c(O)c(O)c1. The predicted octanol–water partition coefficient (Wildman–Crippen LogP) is 0.705. The maximum Gasteiger partial charge on any atom is 0.339 e. The van der Waals surface area contributed by atoms with Crippen LogP contribution in [0.5, 0.6) is 69.0 Å². The first-order valence-electron chi connectivity index (χ1n) is 15.4. The Balaban J connectivity index is 1.57. The van der Waals surface area contributed by atoms with Crippen LogP contribution in [0, 0.1) is 0 Å². The second-order valence-electron chi connectivity index (χ2n) is 11.7. The summed E-state index contributed by atoms with van der Waals surface area (Å²) < 4.78 is 26.8. The van der Waals surface area contributed by atoms with Gasteiger partial charge in [0.1, 0.15) is 12.7 Å². The molecule has 0 bridgehead atoms. The van der Waals surface area contributed by atoms with Crippen LogP contribution in [0.25, 0.3) is 0 Å². The van der Waals surface area contributed by atoms with Crippen molar-refractivity contribution >= 4 is 23.9 Å². The van der Waals surface area contributed by atoms with E-state index in [1.54, 1.807) is 0 Å². The Labute approximate surface area is 310 Å². The number of esters is 4. The largest absolute Gasteiger partial charge is 0.504 e. The minimum atomic E-state index is -2.43. The molecule has 4 aromatic carbocycles. The van der Waals surface area contributed by atoms with E-state index in [2.05, 4.69) is 0 Å². The topological polar surface area (TPSA) is 377 Å². The zero-order chi connectivity index (χ0) is 41.3. The molecule has 56 heavy (non-hydrogen) atoms. The smallest absolute Gasteiger partial charge is 0.339 e. The maximum absolute atomic E-state index is 13.5. The first-order chi connectivity index (χ1) is 26.3. The average Bonchev–Trinajstić information content (AvgIpc) is 3.14. The number of phenols is 12. The van der Waals surface area contributed by atoms with Crippen molar-refractivity contribution in [1.82, 2.24) is 0 Å². The van der Waals surface area contributed by atoms with Crippen LogP contribution in [0.1, 0.15) is 41.4 Å². The number of carbonyl (C=O) groups excluding carboxylic acids is 4. The van der Waals surface area contributed by atoms with Gasteiger partial charge in [-0.15, -0.1) is 0 Å². The van der Waals surface area contributed by atoms with Gasteiger partial charge in [0.2, 0.25) is 0 Å². The fourth-order valence-corrected chi connectivity index (χ4v) is 5.14. The number of aliphatic hydroxyl groups is 1. The molecule has 0 aliphatic carbocycles. The fourth-order valence-electron chi connectivity index (χ4n) is 5.14. The minimum Gasteiger partial charge on any atom is -0.504 e. The summed E-state index contributed by atoms with van der Waals surface area (Å²) in [6.07, 6.45) is -11.2. The molecule has 1 aliphatic rings. The van der Waals surface area contributed by atoms with Crippen LogP contribution >= 0.6 is 0 Å². The van der Waals surface area contributed by atoms with Gasteiger partial charge in [-0.3, -0.25) is 0 Å². The first kappa shape index (κ1) is 39.5. The summed E-state index contributed by atoms with van der Waals surface area (Å²) in [4.78, 5) is 53.1. The van der Waals surface area contributed by atoms with Crippen LogP contribution in [0.15, 0.2) is 48.5 Å². The Morgan fingerprint density at radius 1 is 0.429 bits per heavy atom. The van der Waals surface area contributed by atoms with Crippen LogP contribution in [0.4, 0.5) is 0 Å². The van der Waals surface area contributed by atoms with Gasteiger partial charge in [0.25, 0.3) is 0 Å². The normalized spacial score (nSPS) is 19.1. The number of hydrogen-bond donors (Lipinski definition) is 13. The van der Waals surface area contributed by atoms with E-state index >= 15 is 0 Å². The van der Waals surface area contributed by atoms with E-state index < -0.39 is 152 Å². The van der Waals surface area contributed by atoms with E-state index in [1.165, 1.54) is 0 Å². The van der Waals surface area contributed by atoms with Crippen LogP contribution in [0.3, 0.4) is 0 Å². The number of ether oxygens (including phenoxy) is 5. The van der Waals surface area contributed by atoms with Crippen LogP contribution in [0.2, 0.25) is 0 Å². The molecule has 1 saturated heterocycles. The maximum atomic E-state index is 13.5. The number of carbonyl (C=O) groups is 4. The fraction of sp³-hybridized carbons (Fsp3) is 0.176. The van der Waals surface area contributed by atoms with E-state index in [9.17, 15) is 85.6 Å². The molecule has 13 N–H and O–H groups in total. The molecule has 0 unspecified atom stereocenters.